The van der Waals surface area contributed by atoms with Crippen LogP contribution in [0.2, 0.25) is 0 Å². The van der Waals surface area contributed by atoms with E-state index in [9.17, 15) is 8.78 Å². The summed E-state index contributed by atoms with van der Waals surface area (Å²) in [6.45, 7) is 3.51. The lowest BCUT2D eigenvalue weighted by Crippen LogP contribution is -2.05. The second-order valence-electron chi connectivity index (χ2n) is 6.14. The van der Waals surface area contributed by atoms with Crippen LogP contribution in [0.5, 0.6) is 5.75 Å². The minimum Gasteiger partial charge on any atom is -0.491 e. The summed E-state index contributed by atoms with van der Waals surface area (Å²) >= 11 is 0. The van der Waals surface area contributed by atoms with Gasteiger partial charge in [-0.25, -0.2) is 4.39 Å². The topological polar surface area (TPSA) is 31.6 Å². The molecule has 3 nitrogen and oxygen atoms in total. The molecule has 1 fully saturated rings. The summed E-state index contributed by atoms with van der Waals surface area (Å²) in [5, 5.41) is 1.14. The molecule has 5 heteroatoms. The molecule has 1 aliphatic rings. The smallest absolute Gasteiger partial charge is 0.208 e. The van der Waals surface area contributed by atoms with Crippen LogP contribution in [0.25, 0.3) is 21.9 Å². The summed E-state index contributed by atoms with van der Waals surface area (Å²) in [5.41, 5.74) is 0.729. The molecule has 2 aromatic carbocycles. The molecule has 2 heterocycles. The molecule has 0 saturated carbocycles. The molecular formula is C19H18F2O3. The van der Waals surface area contributed by atoms with Gasteiger partial charge in [-0.3, -0.25) is 0 Å². The Balaban J connectivity index is 1.82. The average Bonchev–Trinajstić information content (AvgIpc) is 3.21. The third-order valence-electron chi connectivity index (χ3n) is 4.57. The first kappa shape index (κ1) is 15.4. The predicted octanol–water partition coefficient (Wildman–Crippen LogP) is 4.84. The Hall–Kier alpha value is -2.14. The Bertz CT molecular complexity index is 895. The van der Waals surface area contributed by atoms with Crippen molar-refractivity contribution in [2.45, 2.75) is 19.8 Å². The van der Waals surface area contributed by atoms with Crippen molar-refractivity contribution in [1.82, 2.24) is 0 Å². The van der Waals surface area contributed by atoms with Crippen LogP contribution < -0.4 is 4.74 Å². The van der Waals surface area contributed by atoms with E-state index in [-0.39, 0.29) is 16.9 Å². The molecule has 0 aliphatic carbocycles. The molecule has 0 radical (unpaired) electrons. The molecular weight excluding hydrogens is 314 g/mol. The van der Waals surface area contributed by atoms with Crippen LogP contribution >= 0.6 is 0 Å². The largest absolute Gasteiger partial charge is 0.491 e. The van der Waals surface area contributed by atoms with Crippen molar-refractivity contribution in [2.75, 3.05) is 19.8 Å². The number of fused-ring (bicyclic) bond motifs is 3. The van der Waals surface area contributed by atoms with E-state index in [2.05, 4.69) is 0 Å². The Morgan fingerprint density at radius 3 is 2.54 bits per heavy atom. The Morgan fingerprint density at radius 2 is 1.83 bits per heavy atom. The van der Waals surface area contributed by atoms with Crippen molar-refractivity contribution in [3.8, 4) is 5.75 Å². The molecule has 0 amide bonds. The second kappa shape index (κ2) is 6.06. The molecule has 1 unspecified atom stereocenters. The predicted molar refractivity (Wildman–Crippen MR) is 87.4 cm³/mol. The molecule has 1 saturated heterocycles. The van der Waals surface area contributed by atoms with Gasteiger partial charge in [-0.2, -0.15) is 4.39 Å². The fourth-order valence-corrected chi connectivity index (χ4v) is 3.34. The van der Waals surface area contributed by atoms with E-state index in [1.165, 1.54) is 0 Å². The highest BCUT2D eigenvalue weighted by atomic mass is 19.1. The monoisotopic (exact) mass is 332 g/mol. The van der Waals surface area contributed by atoms with Crippen LogP contribution in [0.1, 0.15) is 18.9 Å². The van der Waals surface area contributed by atoms with Gasteiger partial charge in [0, 0.05) is 24.0 Å². The maximum absolute atomic E-state index is 14.9. The Morgan fingerprint density at radius 1 is 1.08 bits per heavy atom. The van der Waals surface area contributed by atoms with E-state index in [0.717, 1.165) is 13.0 Å². The van der Waals surface area contributed by atoms with E-state index in [4.69, 9.17) is 13.9 Å². The van der Waals surface area contributed by atoms with Gasteiger partial charge in [0.25, 0.3) is 0 Å². The fourth-order valence-electron chi connectivity index (χ4n) is 3.34. The van der Waals surface area contributed by atoms with Gasteiger partial charge in [0.1, 0.15) is 0 Å². The zero-order valence-corrected chi connectivity index (χ0v) is 13.4. The van der Waals surface area contributed by atoms with Crippen LogP contribution in [0.15, 0.2) is 28.7 Å². The molecule has 1 atom stereocenters. The molecule has 0 N–H and O–H groups in total. The van der Waals surface area contributed by atoms with Crippen molar-refractivity contribution in [3.63, 3.8) is 0 Å². The van der Waals surface area contributed by atoms with Crippen molar-refractivity contribution in [1.29, 1.82) is 0 Å². The normalized spacial score (nSPS) is 17.9. The zero-order chi connectivity index (χ0) is 16.7. The van der Waals surface area contributed by atoms with Crippen LogP contribution in [-0.2, 0) is 11.2 Å². The number of hydrogen-bond acceptors (Lipinski definition) is 3. The summed E-state index contributed by atoms with van der Waals surface area (Å²) < 4.78 is 45.5. The van der Waals surface area contributed by atoms with E-state index in [0.29, 0.717) is 41.9 Å². The third kappa shape index (κ3) is 2.44. The maximum atomic E-state index is 14.9. The highest BCUT2D eigenvalue weighted by molar-refractivity contribution is 6.05. The molecule has 126 valence electrons. The van der Waals surface area contributed by atoms with Crippen molar-refractivity contribution >= 4 is 21.9 Å². The van der Waals surface area contributed by atoms with Crippen molar-refractivity contribution in [3.05, 3.63) is 41.5 Å². The third-order valence-corrected chi connectivity index (χ3v) is 4.57. The molecule has 1 aromatic heterocycles. The van der Waals surface area contributed by atoms with Crippen LogP contribution in [-0.4, -0.2) is 19.8 Å². The average molecular weight is 332 g/mol. The van der Waals surface area contributed by atoms with Gasteiger partial charge < -0.3 is 13.9 Å². The number of halogens is 2. The van der Waals surface area contributed by atoms with Gasteiger partial charge in [0.05, 0.1) is 6.61 Å². The van der Waals surface area contributed by atoms with Crippen molar-refractivity contribution < 1.29 is 22.7 Å². The fraction of sp³-hybridized carbons (Fsp3) is 0.368. The summed E-state index contributed by atoms with van der Waals surface area (Å²) in [4.78, 5) is 0. The van der Waals surface area contributed by atoms with Gasteiger partial charge in [-0.1, -0.05) is 6.07 Å². The van der Waals surface area contributed by atoms with Crippen LogP contribution in [0, 0.1) is 17.6 Å². The standard InChI is InChI=1S/C19H18F2O3/c1-2-23-15-6-5-14-13-4-3-12(9-11-7-8-22-10-11)16(20)18(13)24-19(14)17(15)21/h3-6,11H,2,7-10H2,1H3. The number of benzene rings is 2. The highest BCUT2D eigenvalue weighted by Crippen LogP contribution is 2.36. The summed E-state index contributed by atoms with van der Waals surface area (Å²) in [6.07, 6.45) is 1.54. The first-order chi connectivity index (χ1) is 11.7. The van der Waals surface area contributed by atoms with E-state index in [1.807, 2.05) is 0 Å². The quantitative estimate of drug-likeness (QED) is 0.685. The van der Waals surface area contributed by atoms with Gasteiger partial charge in [-0.15, -0.1) is 0 Å². The lowest BCUT2D eigenvalue weighted by molar-refractivity contribution is 0.185. The lowest BCUT2D eigenvalue weighted by Gasteiger charge is -2.08. The zero-order valence-electron chi connectivity index (χ0n) is 13.4. The molecule has 0 spiro atoms. The number of ether oxygens (including phenoxy) is 2. The summed E-state index contributed by atoms with van der Waals surface area (Å²) in [5.74, 6) is -0.556. The van der Waals surface area contributed by atoms with E-state index in [1.54, 1.807) is 31.2 Å². The molecule has 1 aliphatic heterocycles. The molecule has 0 bridgehead atoms. The van der Waals surface area contributed by atoms with E-state index < -0.39 is 11.6 Å². The van der Waals surface area contributed by atoms with Crippen LogP contribution in [0.4, 0.5) is 8.78 Å². The maximum Gasteiger partial charge on any atom is 0.208 e. The minimum atomic E-state index is -0.587. The minimum absolute atomic E-state index is 0.0381. The summed E-state index contributed by atoms with van der Waals surface area (Å²) in [6, 6.07) is 6.82. The summed E-state index contributed by atoms with van der Waals surface area (Å²) in [7, 11) is 0. The highest BCUT2D eigenvalue weighted by Gasteiger charge is 2.22. The number of hydrogen-bond donors (Lipinski definition) is 0. The SMILES string of the molecule is CCOc1ccc2c(oc3c(F)c(CC4CCOC4)ccc32)c1F. The Labute approximate surface area is 138 Å². The van der Waals surface area contributed by atoms with Gasteiger partial charge in [0.2, 0.25) is 5.82 Å². The van der Waals surface area contributed by atoms with Gasteiger partial charge in [-0.05, 0) is 49.4 Å². The van der Waals surface area contributed by atoms with E-state index >= 15 is 0 Å². The lowest BCUT2D eigenvalue weighted by atomic mass is 9.97. The van der Waals surface area contributed by atoms with Crippen molar-refractivity contribution in [2.24, 2.45) is 5.92 Å². The Kier molecular flexibility index (Phi) is 3.88. The number of rotatable bonds is 4. The van der Waals surface area contributed by atoms with Gasteiger partial charge >= 0.3 is 0 Å². The van der Waals surface area contributed by atoms with Gasteiger partial charge in [0.15, 0.2) is 22.7 Å². The molecule has 4 rings (SSSR count). The molecule has 3 aromatic rings. The first-order valence-corrected chi connectivity index (χ1v) is 8.21. The number of furan rings is 1. The van der Waals surface area contributed by atoms with Crippen LogP contribution in [0.3, 0.4) is 0 Å². The second-order valence-corrected chi connectivity index (χ2v) is 6.14. The first-order valence-electron chi connectivity index (χ1n) is 8.21. The molecule has 24 heavy (non-hydrogen) atoms.